The zero-order chi connectivity index (χ0) is 21.0. The number of hydrogen-bond acceptors (Lipinski definition) is 7. The van der Waals surface area contributed by atoms with Gasteiger partial charge in [-0.15, -0.1) is 0 Å². The first-order chi connectivity index (χ1) is 14.6. The average molecular weight is 398 g/mol. The maximum Gasteiger partial charge on any atom is 0.213 e. The molecule has 0 fully saturated rings. The number of pyridine rings is 4. The van der Waals surface area contributed by atoms with Gasteiger partial charge in [0.05, 0.1) is 24.2 Å². The third-order valence-corrected chi connectivity index (χ3v) is 4.95. The van der Waals surface area contributed by atoms with E-state index in [1.807, 2.05) is 54.6 Å². The minimum atomic E-state index is -0.855. The number of aromatic nitrogens is 4. The van der Waals surface area contributed by atoms with Crippen LogP contribution in [0, 0.1) is 0 Å². The minimum Gasteiger partial charge on any atom is -0.481 e. The fourth-order valence-corrected chi connectivity index (χ4v) is 3.60. The van der Waals surface area contributed by atoms with Crippen molar-refractivity contribution >= 4 is 11.6 Å². The summed E-state index contributed by atoms with van der Waals surface area (Å²) in [5.41, 5.74) is 14.2. The Morgan fingerprint density at radius 2 is 1.40 bits per heavy atom. The van der Waals surface area contributed by atoms with Gasteiger partial charge in [0.25, 0.3) is 0 Å². The number of nitrogens with zero attached hydrogens (tertiary/aromatic N) is 4. The minimum absolute atomic E-state index is 0.413. The summed E-state index contributed by atoms with van der Waals surface area (Å²) in [5, 5.41) is 0. The second-order valence-corrected chi connectivity index (χ2v) is 6.86. The molecule has 4 aromatic rings. The Balaban J connectivity index is 2.04. The lowest BCUT2D eigenvalue weighted by molar-refractivity contribution is 0.392. The quantitative estimate of drug-likeness (QED) is 0.513. The van der Waals surface area contributed by atoms with E-state index >= 15 is 0 Å². The monoisotopic (exact) mass is 398 g/mol. The van der Waals surface area contributed by atoms with Crippen LogP contribution < -0.4 is 16.2 Å². The molecule has 4 N–H and O–H groups in total. The number of ether oxygens (including phenoxy) is 1. The molecular weight excluding hydrogens is 376 g/mol. The normalized spacial score (nSPS) is 12.8. The van der Waals surface area contributed by atoms with Gasteiger partial charge >= 0.3 is 0 Å². The highest BCUT2D eigenvalue weighted by atomic mass is 16.5. The Morgan fingerprint density at radius 3 is 2.07 bits per heavy atom. The molecule has 1 unspecified atom stereocenters. The van der Waals surface area contributed by atoms with E-state index < -0.39 is 5.41 Å². The molecule has 0 amide bonds. The second-order valence-electron chi connectivity index (χ2n) is 6.86. The number of methoxy groups -OCH3 is 1. The van der Waals surface area contributed by atoms with Gasteiger partial charge < -0.3 is 16.2 Å². The number of anilines is 2. The molecule has 4 aromatic heterocycles. The predicted octanol–water partition coefficient (Wildman–Crippen LogP) is 3.02. The fourth-order valence-electron chi connectivity index (χ4n) is 3.60. The number of nitrogen functional groups attached to an aromatic ring is 2. The van der Waals surface area contributed by atoms with Crippen LogP contribution >= 0.6 is 0 Å². The summed E-state index contributed by atoms with van der Waals surface area (Å²) in [4.78, 5) is 18.7. The van der Waals surface area contributed by atoms with Crippen LogP contribution in [-0.2, 0) is 11.8 Å². The Hall–Kier alpha value is -4.00. The molecule has 0 aliphatic heterocycles. The predicted molar refractivity (Wildman–Crippen MR) is 116 cm³/mol. The summed E-state index contributed by atoms with van der Waals surface area (Å²) < 4.78 is 5.40. The molecule has 4 rings (SSSR count). The van der Waals surface area contributed by atoms with Crippen molar-refractivity contribution in [3.63, 3.8) is 0 Å². The second kappa shape index (κ2) is 8.16. The van der Waals surface area contributed by atoms with Crippen LogP contribution in [0.25, 0.3) is 0 Å². The van der Waals surface area contributed by atoms with Gasteiger partial charge in [0.1, 0.15) is 17.1 Å². The van der Waals surface area contributed by atoms with E-state index in [0.717, 1.165) is 17.1 Å². The Kier molecular flexibility index (Phi) is 5.26. The summed E-state index contributed by atoms with van der Waals surface area (Å²) in [6.07, 6.45) is 2.19. The molecule has 0 aliphatic carbocycles. The maximum absolute atomic E-state index is 6.07. The average Bonchev–Trinajstić information content (AvgIpc) is 2.78. The standard InChI is InChI=1S/C23H22N6O/c1-30-22-13-6-10-19(29-22)23(17-8-2-3-14-26-17,18-9-5-12-21(25)28-18)15-16-7-4-11-20(24)27-16/h2-14H,15H2,1H3,(H2,24,27)(H2,25,28). The van der Waals surface area contributed by atoms with Crippen molar-refractivity contribution in [1.29, 1.82) is 0 Å². The van der Waals surface area contributed by atoms with Crippen LogP contribution in [0.2, 0.25) is 0 Å². The molecule has 0 aromatic carbocycles. The lowest BCUT2D eigenvalue weighted by Crippen LogP contribution is -2.35. The molecular formula is C23H22N6O. The third-order valence-electron chi connectivity index (χ3n) is 4.95. The van der Waals surface area contributed by atoms with Crippen LogP contribution in [0.3, 0.4) is 0 Å². The molecule has 150 valence electrons. The molecule has 0 bridgehead atoms. The van der Waals surface area contributed by atoms with Crippen LogP contribution in [0.1, 0.15) is 22.8 Å². The highest BCUT2D eigenvalue weighted by Crippen LogP contribution is 2.40. The number of rotatable bonds is 6. The van der Waals surface area contributed by atoms with Crippen molar-refractivity contribution < 1.29 is 4.74 Å². The zero-order valence-corrected chi connectivity index (χ0v) is 16.6. The summed E-state index contributed by atoms with van der Waals surface area (Å²) in [5.74, 6) is 1.36. The molecule has 0 aliphatic rings. The molecule has 1 atom stereocenters. The molecule has 0 radical (unpaired) electrons. The molecule has 0 saturated carbocycles. The lowest BCUT2D eigenvalue weighted by Gasteiger charge is -2.32. The SMILES string of the molecule is COc1cccc(C(Cc2cccc(N)n2)(c2ccccn2)c2cccc(N)n2)n1. The maximum atomic E-state index is 6.07. The number of nitrogens with two attached hydrogens (primary N) is 2. The van der Waals surface area contributed by atoms with Crippen LogP contribution in [0.5, 0.6) is 5.88 Å². The summed E-state index contributed by atoms with van der Waals surface area (Å²) in [6, 6.07) is 22.5. The summed E-state index contributed by atoms with van der Waals surface area (Å²) in [6.45, 7) is 0. The van der Waals surface area contributed by atoms with Crippen LogP contribution in [0.4, 0.5) is 11.6 Å². The van der Waals surface area contributed by atoms with Crippen LogP contribution in [-0.4, -0.2) is 27.0 Å². The van der Waals surface area contributed by atoms with Gasteiger partial charge in [-0.1, -0.05) is 24.3 Å². The van der Waals surface area contributed by atoms with E-state index in [9.17, 15) is 0 Å². The van der Waals surface area contributed by atoms with Crippen molar-refractivity contribution in [2.45, 2.75) is 11.8 Å². The van der Waals surface area contributed by atoms with Gasteiger partial charge in [-0.2, -0.15) is 0 Å². The molecule has 0 spiro atoms. The summed E-state index contributed by atoms with van der Waals surface area (Å²) >= 11 is 0. The highest BCUT2D eigenvalue weighted by Gasteiger charge is 2.41. The largest absolute Gasteiger partial charge is 0.481 e. The fraction of sp³-hybridized carbons (Fsp3) is 0.130. The zero-order valence-electron chi connectivity index (χ0n) is 16.6. The van der Waals surface area contributed by atoms with Gasteiger partial charge in [-0.05, 0) is 42.5 Å². The van der Waals surface area contributed by atoms with Gasteiger partial charge in [-0.3, -0.25) is 4.98 Å². The van der Waals surface area contributed by atoms with Crippen molar-refractivity contribution in [2.24, 2.45) is 0 Å². The van der Waals surface area contributed by atoms with Gasteiger partial charge in [-0.25, -0.2) is 15.0 Å². The summed E-state index contributed by atoms with van der Waals surface area (Å²) in [7, 11) is 1.59. The Morgan fingerprint density at radius 1 is 0.733 bits per heavy atom. The van der Waals surface area contributed by atoms with Crippen molar-refractivity contribution in [2.75, 3.05) is 18.6 Å². The highest BCUT2D eigenvalue weighted by molar-refractivity contribution is 5.47. The first-order valence-electron chi connectivity index (χ1n) is 9.49. The van der Waals surface area contributed by atoms with E-state index in [1.165, 1.54) is 0 Å². The topological polar surface area (TPSA) is 113 Å². The molecule has 0 saturated heterocycles. The molecule has 4 heterocycles. The van der Waals surface area contributed by atoms with Gasteiger partial charge in [0.2, 0.25) is 5.88 Å². The first kappa shape index (κ1) is 19.3. The van der Waals surface area contributed by atoms with E-state index in [2.05, 4.69) is 15.0 Å². The Bertz CT molecular complexity index is 1150. The van der Waals surface area contributed by atoms with Gasteiger partial charge in [0, 0.05) is 24.4 Å². The van der Waals surface area contributed by atoms with Crippen molar-refractivity contribution in [3.8, 4) is 5.88 Å². The number of hydrogen-bond donors (Lipinski definition) is 2. The van der Waals surface area contributed by atoms with E-state index in [0.29, 0.717) is 29.6 Å². The lowest BCUT2D eigenvalue weighted by atomic mass is 9.73. The van der Waals surface area contributed by atoms with E-state index in [-0.39, 0.29) is 0 Å². The molecule has 7 nitrogen and oxygen atoms in total. The Labute approximate surface area is 174 Å². The first-order valence-corrected chi connectivity index (χ1v) is 9.49. The third kappa shape index (κ3) is 3.65. The van der Waals surface area contributed by atoms with Crippen LogP contribution in [0.15, 0.2) is 79.0 Å². The van der Waals surface area contributed by atoms with Gasteiger partial charge in [0.15, 0.2) is 0 Å². The van der Waals surface area contributed by atoms with Crippen molar-refractivity contribution in [1.82, 2.24) is 19.9 Å². The van der Waals surface area contributed by atoms with E-state index in [1.54, 1.807) is 31.5 Å². The van der Waals surface area contributed by atoms with Crippen molar-refractivity contribution in [3.05, 3.63) is 102 Å². The molecule has 30 heavy (non-hydrogen) atoms. The molecule has 7 heteroatoms. The van der Waals surface area contributed by atoms with E-state index in [4.69, 9.17) is 21.2 Å². The smallest absolute Gasteiger partial charge is 0.213 e.